The lowest BCUT2D eigenvalue weighted by atomic mass is 10.1. The Kier molecular flexibility index (Phi) is 4.37. The van der Waals surface area contributed by atoms with Crippen LogP contribution in [0.25, 0.3) is 0 Å². The summed E-state index contributed by atoms with van der Waals surface area (Å²) in [5.74, 6) is -0.134. The number of carbonyl (C=O) groups is 1. The largest absolute Gasteiger partial charge is 0.342 e. The van der Waals surface area contributed by atoms with Crippen LogP contribution in [0, 0.1) is 0 Å². The molecule has 2 nitrogen and oxygen atoms in total. The molecule has 0 saturated carbocycles. The van der Waals surface area contributed by atoms with Crippen LogP contribution < -0.4 is 5.32 Å². The molecule has 0 spiro atoms. The van der Waals surface area contributed by atoms with Gasteiger partial charge in [-0.2, -0.15) is 0 Å². The van der Waals surface area contributed by atoms with Gasteiger partial charge in [0.05, 0.1) is 6.04 Å². The van der Waals surface area contributed by atoms with Crippen LogP contribution >= 0.6 is 11.6 Å². The Morgan fingerprint density at radius 3 is 2.53 bits per heavy atom. The monoisotopic (exact) mass is 271 g/mol. The van der Waals surface area contributed by atoms with Crippen LogP contribution in [0.5, 0.6) is 0 Å². The standard InChI is InChI=1S/C16H14ClNO/c1-2-15(13-9-6-10-14(17)11-13)18-16(19)12-7-4-3-5-8-12/h2-11,15H,1H2,(H,18,19)/t15-/m0/s1. The van der Waals surface area contributed by atoms with E-state index in [4.69, 9.17) is 11.6 Å². The second kappa shape index (κ2) is 6.21. The van der Waals surface area contributed by atoms with Gasteiger partial charge < -0.3 is 5.32 Å². The molecular weight excluding hydrogens is 258 g/mol. The van der Waals surface area contributed by atoms with Gasteiger partial charge in [0.2, 0.25) is 0 Å². The van der Waals surface area contributed by atoms with Crippen molar-refractivity contribution in [2.24, 2.45) is 0 Å². The summed E-state index contributed by atoms with van der Waals surface area (Å²) in [6.45, 7) is 3.76. The molecule has 0 aromatic heterocycles. The molecule has 2 rings (SSSR count). The molecule has 1 N–H and O–H groups in total. The van der Waals surface area contributed by atoms with E-state index in [1.54, 1.807) is 24.3 Å². The smallest absolute Gasteiger partial charge is 0.252 e. The lowest BCUT2D eigenvalue weighted by Gasteiger charge is -2.15. The van der Waals surface area contributed by atoms with E-state index in [0.29, 0.717) is 10.6 Å². The summed E-state index contributed by atoms with van der Waals surface area (Å²) in [6, 6.07) is 16.2. The summed E-state index contributed by atoms with van der Waals surface area (Å²) >= 11 is 5.95. The van der Waals surface area contributed by atoms with Crippen molar-refractivity contribution in [3.05, 3.63) is 83.4 Å². The van der Waals surface area contributed by atoms with Gasteiger partial charge in [-0.1, -0.05) is 48.0 Å². The van der Waals surface area contributed by atoms with E-state index in [2.05, 4.69) is 11.9 Å². The van der Waals surface area contributed by atoms with Crippen LogP contribution in [0.1, 0.15) is 22.0 Å². The van der Waals surface area contributed by atoms with Gasteiger partial charge in [-0.3, -0.25) is 4.79 Å². The van der Waals surface area contributed by atoms with Crippen molar-refractivity contribution in [2.45, 2.75) is 6.04 Å². The van der Waals surface area contributed by atoms with Crippen LogP contribution in [0.15, 0.2) is 67.3 Å². The predicted molar refractivity (Wildman–Crippen MR) is 78.3 cm³/mol. The summed E-state index contributed by atoms with van der Waals surface area (Å²) in [6.07, 6.45) is 1.69. The average Bonchev–Trinajstić information content (AvgIpc) is 2.45. The number of halogens is 1. The van der Waals surface area contributed by atoms with E-state index in [9.17, 15) is 4.79 Å². The average molecular weight is 272 g/mol. The van der Waals surface area contributed by atoms with Crippen LogP contribution in [0.3, 0.4) is 0 Å². The van der Waals surface area contributed by atoms with Crippen molar-refractivity contribution < 1.29 is 4.79 Å². The molecule has 2 aromatic rings. The fourth-order valence-electron chi connectivity index (χ4n) is 1.79. The van der Waals surface area contributed by atoms with Gasteiger partial charge in [0.1, 0.15) is 0 Å². The fraction of sp³-hybridized carbons (Fsp3) is 0.0625. The first-order valence-corrected chi connectivity index (χ1v) is 6.32. The molecule has 1 amide bonds. The molecule has 0 unspecified atom stereocenters. The Bertz CT molecular complexity index is 580. The molecule has 0 aliphatic carbocycles. The number of carbonyl (C=O) groups excluding carboxylic acids is 1. The highest BCUT2D eigenvalue weighted by atomic mass is 35.5. The number of hydrogen-bond donors (Lipinski definition) is 1. The summed E-state index contributed by atoms with van der Waals surface area (Å²) in [5, 5.41) is 3.55. The minimum Gasteiger partial charge on any atom is -0.342 e. The molecule has 2 aromatic carbocycles. The maximum absolute atomic E-state index is 12.1. The molecule has 0 radical (unpaired) electrons. The second-order valence-corrected chi connectivity index (χ2v) is 4.54. The Hall–Kier alpha value is -2.06. The second-order valence-electron chi connectivity index (χ2n) is 4.11. The highest BCUT2D eigenvalue weighted by Gasteiger charge is 2.12. The van der Waals surface area contributed by atoms with Gasteiger partial charge in [-0.25, -0.2) is 0 Å². The maximum Gasteiger partial charge on any atom is 0.252 e. The van der Waals surface area contributed by atoms with Gasteiger partial charge in [0.15, 0.2) is 0 Å². The number of amides is 1. The van der Waals surface area contributed by atoms with Crippen molar-refractivity contribution in [1.82, 2.24) is 5.32 Å². The highest BCUT2D eigenvalue weighted by molar-refractivity contribution is 6.30. The minimum absolute atomic E-state index is 0.134. The van der Waals surface area contributed by atoms with Crippen molar-refractivity contribution in [2.75, 3.05) is 0 Å². The molecule has 0 aliphatic rings. The van der Waals surface area contributed by atoms with Crippen LogP contribution in [-0.2, 0) is 0 Å². The summed E-state index contributed by atoms with van der Waals surface area (Å²) in [7, 11) is 0. The Balaban J connectivity index is 2.16. The molecule has 0 bridgehead atoms. The summed E-state index contributed by atoms with van der Waals surface area (Å²) in [4.78, 5) is 12.1. The van der Waals surface area contributed by atoms with Crippen LogP contribution in [0.2, 0.25) is 5.02 Å². The van der Waals surface area contributed by atoms with Gasteiger partial charge in [-0.05, 0) is 29.8 Å². The predicted octanol–water partition coefficient (Wildman–Crippen LogP) is 4.00. The fourth-order valence-corrected chi connectivity index (χ4v) is 1.99. The van der Waals surface area contributed by atoms with Gasteiger partial charge >= 0.3 is 0 Å². The lowest BCUT2D eigenvalue weighted by molar-refractivity contribution is 0.0944. The molecule has 0 fully saturated rings. The first kappa shape index (κ1) is 13.4. The minimum atomic E-state index is -0.258. The maximum atomic E-state index is 12.1. The van der Waals surface area contributed by atoms with E-state index < -0.39 is 0 Å². The van der Waals surface area contributed by atoms with E-state index in [-0.39, 0.29) is 11.9 Å². The number of benzene rings is 2. The first-order chi connectivity index (χ1) is 9.20. The van der Waals surface area contributed by atoms with E-state index in [1.807, 2.05) is 36.4 Å². The molecule has 3 heteroatoms. The van der Waals surface area contributed by atoms with Gasteiger partial charge in [0.25, 0.3) is 5.91 Å². The number of hydrogen-bond acceptors (Lipinski definition) is 1. The van der Waals surface area contributed by atoms with E-state index >= 15 is 0 Å². The molecule has 19 heavy (non-hydrogen) atoms. The zero-order valence-electron chi connectivity index (χ0n) is 10.3. The zero-order valence-corrected chi connectivity index (χ0v) is 11.1. The Morgan fingerprint density at radius 2 is 1.89 bits per heavy atom. The van der Waals surface area contributed by atoms with E-state index in [0.717, 1.165) is 5.56 Å². The number of nitrogens with one attached hydrogen (secondary N) is 1. The topological polar surface area (TPSA) is 29.1 Å². The summed E-state index contributed by atoms with van der Waals surface area (Å²) < 4.78 is 0. The van der Waals surface area contributed by atoms with Crippen molar-refractivity contribution >= 4 is 17.5 Å². The lowest BCUT2D eigenvalue weighted by Crippen LogP contribution is -2.27. The quantitative estimate of drug-likeness (QED) is 0.837. The van der Waals surface area contributed by atoms with Crippen LogP contribution in [-0.4, -0.2) is 5.91 Å². The normalized spacial score (nSPS) is 11.6. The zero-order chi connectivity index (χ0) is 13.7. The molecule has 0 saturated heterocycles. The molecule has 0 aliphatic heterocycles. The Morgan fingerprint density at radius 1 is 1.16 bits per heavy atom. The third kappa shape index (κ3) is 3.46. The van der Waals surface area contributed by atoms with Crippen molar-refractivity contribution in [3.8, 4) is 0 Å². The molecule has 0 heterocycles. The third-order valence-electron chi connectivity index (χ3n) is 2.77. The molecule has 96 valence electrons. The van der Waals surface area contributed by atoms with E-state index in [1.165, 1.54) is 0 Å². The summed E-state index contributed by atoms with van der Waals surface area (Å²) in [5.41, 5.74) is 1.53. The van der Waals surface area contributed by atoms with Crippen LogP contribution in [0.4, 0.5) is 0 Å². The highest BCUT2D eigenvalue weighted by Crippen LogP contribution is 2.19. The SMILES string of the molecule is C=C[C@H](NC(=O)c1ccccc1)c1cccc(Cl)c1. The first-order valence-electron chi connectivity index (χ1n) is 5.94. The Labute approximate surface area is 117 Å². The van der Waals surface area contributed by atoms with Crippen molar-refractivity contribution in [1.29, 1.82) is 0 Å². The van der Waals surface area contributed by atoms with Gasteiger partial charge in [-0.15, -0.1) is 6.58 Å². The van der Waals surface area contributed by atoms with Crippen molar-refractivity contribution in [3.63, 3.8) is 0 Å². The molecular formula is C16H14ClNO. The number of rotatable bonds is 4. The van der Waals surface area contributed by atoms with Gasteiger partial charge in [0, 0.05) is 10.6 Å². The molecule has 1 atom stereocenters. The third-order valence-corrected chi connectivity index (χ3v) is 3.00.